The first-order valence-electron chi connectivity index (χ1n) is 5.47. The Bertz CT molecular complexity index is 416. The monoisotopic (exact) mass is 255 g/mol. The lowest BCUT2D eigenvalue weighted by atomic mass is 10.2. The van der Waals surface area contributed by atoms with E-state index in [4.69, 9.17) is 5.73 Å². The summed E-state index contributed by atoms with van der Waals surface area (Å²) < 4.78 is 10.8. The van der Waals surface area contributed by atoms with Gasteiger partial charge in [-0.3, -0.25) is 9.59 Å². The average Bonchev–Trinajstić information content (AvgIpc) is 2.82. The minimum absolute atomic E-state index is 0.273. The number of carbonyl (C=O) groups excluding carboxylic acids is 2. The van der Waals surface area contributed by atoms with Gasteiger partial charge in [0.15, 0.2) is 0 Å². The Balaban J connectivity index is 2.48. The molecule has 0 aliphatic heterocycles. The molecule has 1 atom stereocenters. The van der Waals surface area contributed by atoms with E-state index in [0.717, 1.165) is 0 Å². The molecule has 0 bridgehead atoms. The molecule has 0 radical (unpaired) electrons. The van der Waals surface area contributed by atoms with Crippen LogP contribution in [0.1, 0.15) is 12.1 Å². The predicted molar refractivity (Wildman–Crippen MR) is 62.6 cm³/mol. The number of nitrogens with zero attached hydrogens (tertiary/aromatic N) is 2. The molecule has 0 aromatic carbocycles. The summed E-state index contributed by atoms with van der Waals surface area (Å²) in [5.74, 6) is -0.754. The third-order valence-electron chi connectivity index (χ3n) is 2.42. The molecule has 18 heavy (non-hydrogen) atoms. The largest absolute Gasteiger partial charge is 0.469 e. The Kier molecular flexibility index (Phi) is 5.31. The molecule has 0 spiro atoms. The summed E-state index contributed by atoms with van der Waals surface area (Å²) in [4.78, 5) is 26.2. The Morgan fingerprint density at radius 3 is 2.78 bits per heavy atom. The zero-order valence-electron chi connectivity index (χ0n) is 10.5. The van der Waals surface area contributed by atoms with Crippen LogP contribution in [0.5, 0.6) is 0 Å². The van der Waals surface area contributed by atoms with E-state index in [1.165, 1.54) is 14.2 Å². The molecule has 0 aliphatic rings. The number of nitrogens with two attached hydrogens (primary N) is 1. The first-order valence-corrected chi connectivity index (χ1v) is 5.47. The summed E-state index contributed by atoms with van der Waals surface area (Å²) in [6.07, 6.45) is 3.90. The quantitative estimate of drug-likeness (QED) is 0.688. The number of rotatable bonds is 6. The molecule has 1 rings (SSSR count). The number of carbonyl (C=O) groups is 2. The van der Waals surface area contributed by atoms with Crippen molar-refractivity contribution < 1.29 is 19.1 Å². The normalized spacial score (nSPS) is 11.9. The minimum Gasteiger partial charge on any atom is -0.469 e. The summed E-state index contributed by atoms with van der Waals surface area (Å²) in [6.45, 7) is 0.479. The average molecular weight is 255 g/mol. The van der Waals surface area contributed by atoms with E-state index in [1.54, 1.807) is 17.1 Å². The number of ether oxygens (including phenoxy) is 2. The zero-order chi connectivity index (χ0) is 13.5. The van der Waals surface area contributed by atoms with E-state index in [9.17, 15) is 9.59 Å². The molecule has 0 unspecified atom stereocenters. The van der Waals surface area contributed by atoms with Crippen LogP contribution in [0.3, 0.4) is 0 Å². The standard InChI is InChI=1S/C11H17N3O4/c1-17-10(15)3-4-14-6-8(13-7-14)5-9(12)11(16)18-2/h6-7,9H,3-5,12H2,1-2H3/t9-/m0/s1. The van der Waals surface area contributed by atoms with Crippen LogP contribution in [0.2, 0.25) is 0 Å². The second-order valence-corrected chi connectivity index (χ2v) is 3.76. The van der Waals surface area contributed by atoms with Gasteiger partial charge in [0.2, 0.25) is 0 Å². The molecule has 2 N–H and O–H groups in total. The minimum atomic E-state index is -0.723. The molecule has 0 aliphatic carbocycles. The van der Waals surface area contributed by atoms with Gasteiger partial charge in [-0.1, -0.05) is 0 Å². The second kappa shape index (κ2) is 6.75. The Morgan fingerprint density at radius 1 is 1.44 bits per heavy atom. The highest BCUT2D eigenvalue weighted by atomic mass is 16.5. The van der Waals surface area contributed by atoms with Crippen molar-refractivity contribution >= 4 is 11.9 Å². The summed E-state index contributed by atoms with van der Waals surface area (Å²) in [5, 5.41) is 0. The highest BCUT2D eigenvalue weighted by molar-refractivity contribution is 5.75. The highest BCUT2D eigenvalue weighted by Crippen LogP contribution is 2.02. The summed E-state index contributed by atoms with van der Waals surface area (Å²) in [5.41, 5.74) is 6.29. The first-order chi connectivity index (χ1) is 8.56. The fourth-order valence-electron chi connectivity index (χ4n) is 1.42. The number of methoxy groups -OCH3 is 2. The third kappa shape index (κ3) is 4.17. The molecular weight excluding hydrogens is 238 g/mol. The van der Waals surface area contributed by atoms with Gasteiger partial charge in [-0.15, -0.1) is 0 Å². The Morgan fingerprint density at radius 2 is 2.17 bits per heavy atom. The number of esters is 2. The molecule has 0 amide bonds. The number of imidazole rings is 1. The number of aryl methyl sites for hydroxylation is 1. The molecule has 1 aromatic heterocycles. The molecule has 1 aromatic rings. The van der Waals surface area contributed by atoms with Gasteiger partial charge in [0, 0.05) is 19.2 Å². The van der Waals surface area contributed by atoms with Crippen LogP contribution in [0, 0.1) is 0 Å². The van der Waals surface area contributed by atoms with Gasteiger partial charge in [0.25, 0.3) is 0 Å². The lowest BCUT2D eigenvalue weighted by Crippen LogP contribution is -2.33. The molecule has 100 valence electrons. The van der Waals surface area contributed by atoms with E-state index >= 15 is 0 Å². The smallest absolute Gasteiger partial charge is 0.323 e. The lowest BCUT2D eigenvalue weighted by molar-refractivity contribution is -0.142. The van der Waals surface area contributed by atoms with Crippen LogP contribution in [0.15, 0.2) is 12.5 Å². The van der Waals surface area contributed by atoms with Gasteiger partial charge in [-0.05, 0) is 0 Å². The number of hydrogen-bond acceptors (Lipinski definition) is 6. The van der Waals surface area contributed by atoms with Crippen LogP contribution >= 0.6 is 0 Å². The molecule has 0 saturated heterocycles. The Hall–Kier alpha value is -1.89. The molecular formula is C11H17N3O4. The van der Waals surface area contributed by atoms with Crippen molar-refractivity contribution in [2.75, 3.05) is 14.2 Å². The fraction of sp³-hybridized carbons (Fsp3) is 0.545. The van der Waals surface area contributed by atoms with Crippen molar-refractivity contribution in [1.29, 1.82) is 0 Å². The van der Waals surface area contributed by atoms with Gasteiger partial charge in [-0.25, -0.2) is 4.98 Å². The first kappa shape index (κ1) is 14.2. The molecule has 0 fully saturated rings. The van der Waals surface area contributed by atoms with Crippen LogP contribution in [-0.2, 0) is 32.0 Å². The number of hydrogen-bond donors (Lipinski definition) is 1. The molecule has 7 heteroatoms. The van der Waals surface area contributed by atoms with Crippen molar-refractivity contribution in [3.8, 4) is 0 Å². The van der Waals surface area contributed by atoms with E-state index in [2.05, 4.69) is 14.5 Å². The predicted octanol–water partition coefficient (Wildman–Crippen LogP) is -0.511. The van der Waals surface area contributed by atoms with Gasteiger partial charge in [0.1, 0.15) is 6.04 Å². The van der Waals surface area contributed by atoms with E-state index in [0.29, 0.717) is 18.7 Å². The molecule has 0 saturated carbocycles. The maximum Gasteiger partial charge on any atom is 0.323 e. The van der Waals surface area contributed by atoms with Crippen molar-refractivity contribution in [1.82, 2.24) is 9.55 Å². The van der Waals surface area contributed by atoms with Gasteiger partial charge in [0.05, 0.1) is 32.7 Å². The maximum absolute atomic E-state index is 11.1. The zero-order valence-corrected chi connectivity index (χ0v) is 10.5. The van der Waals surface area contributed by atoms with Crippen LogP contribution < -0.4 is 5.73 Å². The van der Waals surface area contributed by atoms with Gasteiger partial charge >= 0.3 is 11.9 Å². The lowest BCUT2D eigenvalue weighted by Gasteiger charge is -2.06. The summed E-state index contributed by atoms with van der Waals surface area (Å²) in [7, 11) is 2.63. The summed E-state index contributed by atoms with van der Waals surface area (Å²) in [6, 6.07) is -0.723. The molecule has 1 heterocycles. The van der Waals surface area contributed by atoms with Crippen LogP contribution in [-0.4, -0.2) is 41.8 Å². The SMILES string of the molecule is COC(=O)CCn1cnc(C[C@H](N)C(=O)OC)c1. The van der Waals surface area contributed by atoms with Gasteiger partial charge in [-0.2, -0.15) is 0 Å². The van der Waals surface area contributed by atoms with Crippen molar-refractivity contribution in [3.63, 3.8) is 0 Å². The van der Waals surface area contributed by atoms with Crippen molar-refractivity contribution in [3.05, 3.63) is 18.2 Å². The van der Waals surface area contributed by atoms with E-state index in [1.807, 2.05) is 0 Å². The van der Waals surface area contributed by atoms with Gasteiger partial charge < -0.3 is 19.8 Å². The Labute approximate surface area is 105 Å². The van der Waals surface area contributed by atoms with Crippen molar-refractivity contribution in [2.45, 2.75) is 25.4 Å². The second-order valence-electron chi connectivity index (χ2n) is 3.76. The fourth-order valence-corrected chi connectivity index (χ4v) is 1.42. The number of aromatic nitrogens is 2. The van der Waals surface area contributed by atoms with Crippen molar-refractivity contribution in [2.24, 2.45) is 5.73 Å². The van der Waals surface area contributed by atoms with Crippen LogP contribution in [0.4, 0.5) is 0 Å². The van der Waals surface area contributed by atoms with Crippen LogP contribution in [0.25, 0.3) is 0 Å². The maximum atomic E-state index is 11.1. The third-order valence-corrected chi connectivity index (χ3v) is 2.42. The summed E-state index contributed by atoms with van der Waals surface area (Å²) >= 11 is 0. The highest BCUT2D eigenvalue weighted by Gasteiger charge is 2.15. The topological polar surface area (TPSA) is 96.4 Å². The van der Waals surface area contributed by atoms with E-state index in [-0.39, 0.29) is 12.4 Å². The molecule has 7 nitrogen and oxygen atoms in total. The van der Waals surface area contributed by atoms with E-state index < -0.39 is 12.0 Å².